The molecule has 4 heterocycles. The second kappa shape index (κ2) is 9.64. The molecule has 192 valence electrons. The van der Waals surface area contributed by atoms with Crippen LogP contribution in [0.4, 0.5) is 0 Å². The smallest absolute Gasteiger partial charge is 0.270 e. The number of aliphatic hydroxyl groups is 1. The maximum Gasteiger partial charge on any atom is 0.270 e. The van der Waals surface area contributed by atoms with E-state index in [0.29, 0.717) is 22.7 Å². The molecular weight excluding hydrogens is 504 g/mol. The number of aliphatic hydroxyl groups excluding tert-OH is 1. The van der Waals surface area contributed by atoms with Gasteiger partial charge < -0.3 is 15.2 Å². The molecule has 0 aliphatic heterocycles. The fourth-order valence-corrected chi connectivity index (χ4v) is 5.49. The Kier molecular flexibility index (Phi) is 6.90. The number of carbonyl (C=O) groups excluding carboxylic acids is 1. The van der Waals surface area contributed by atoms with Crippen molar-refractivity contribution >= 4 is 32.7 Å². The van der Waals surface area contributed by atoms with Gasteiger partial charge in [-0.15, -0.1) is 11.3 Å². The van der Waals surface area contributed by atoms with Crippen molar-refractivity contribution in [1.29, 1.82) is 0 Å². The number of carbonyl (C=O) groups is 1. The molecule has 2 N–H and O–H groups in total. The molecular formula is C23H28N6O5S2. The van der Waals surface area contributed by atoms with E-state index in [0.717, 1.165) is 5.01 Å². The molecule has 0 unspecified atom stereocenters. The summed E-state index contributed by atoms with van der Waals surface area (Å²) in [5.74, 6) is -0.204. The summed E-state index contributed by atoms with van der Waals surface area (Å²) in [7, 11) is -2.15. The van der Waals surface area contributed by atoms with Gasteiger partial charge >= 0.3 is 0 Å². The summed E-state index contributed by atoms with van der Waals surface area (Å²) in [4.78, 5) is 21.5. The Morgan fingerprint density at radius 1 is 1.28 bits per heavy atom. The first-order chi connectivity index (χ1) is 16.9. The van der Waals surface area contributed by atoms with Crippen LogP contribution in [0.5, 0.6) is 5.75 Å². The zero-order valence-electron chi connectivity index (χ0n) is 20.6. The van der Waals surface area contributed by atoms with Crippen LogP contribution in [-0.2, 0) is 16.9 Å². The molecule has 4 aromatic rings. The molecule has 0 fully saturated rings. The Morgan fingerprint density at radius 3 is 2.67 bits per heavy atom. The van der Waals surface area contributed by atoms with Gasteiger partial charge in [-0.3, -0.25) is 13.9 Å². The van der Waals surface area contributed by atoms with Crippen LogP contribution < -0.4 is 10.1 Å². The lowest BCUT2D eigenvalue weighted by Crippen LogP contribution is -2.28. The summed E-state index contributed by atoms with van der Waals surface area (Å²) in [6, 6.07) is 2.88. The number of hydrogen-bond donors (Lipinski definition) is 2. The normalized spacial score (nSPS) is 13.2. The van der Waals surface area contributed by atoms with Crippen molar-refractivity contribution in [3.05, 3.63) is 46.8 Å². The lowest BCUT2D eigenvalue weighted by Gasteiger charge is -2.21. The van der Waals surface area contributed by atoms with Gasteiger partial charge in [-0.25, -0.2) is 18.4 Å². The number of amides is 1. The predicted molar refractivity (Wildman–Crippen MR) is 135 cm³/mol. The van der Waals surface area contributed by atoms with E-state index in [1.807, 2.05) is 12.3 Å². The summed E-state index contributed by atoms with van der Waals surface area (Å²) >= 11 is 1.45. The predicted octanol–water partition coefficient (Wildman–Crippen LogP) is 2.63. The molecule has 0 radical (unpaired) electrons. The van der Waals surface area contributed by atoms with E-state index in [9.17, 15) is 18.3 Å². The SMILES string of the molecule is C[C@@H](NC(=O)c1cc(-c2cnc3cc(OCCO)c(S(=O)(=O)C(C)(C)C)cn23)nn1C)c1nccs1. The third-order valence-electron chi connectivity index (χ3n) is 5.56. The number of aryl methyl sites for hydroxylation is 1. The summed E-state index contributed by atoms with van der Waals surface area (Å²) < 4.78 is 34.2. The van der Waals surface area contributed by atoms with Gasteiger partial charge in [0.2, 0.25) is 0 Å². The van der Waals surface area contributed by atoms with E-state index in [2.05, 4.69) is 20.4 Å². The molecule has 0 saturated heterocycles. The van der Waals surface area contributed by atoms with E-state index in [1.165, 1.54) is 28.3 Å². The number of hydrogen-bond acceptors (Lipinski definition) is 9. The Labute approximate surface area is 212 Å². The summed E-state index contributed by atoms with van der Waals surface area (Å²) in [6.07, 6.45) is 4.69. The molecule has 1 atom stereocenters. The van der Waals surface area contributed by atoms with Gasteiger partial charge in [0.05, 0.1) is 29.3 Å². The zero-order valence-corrected chi connectivity index (χ0v) is 22.2. The lowest BCUT2D eigenvalue weighted by molar-refractivity contribution is 0.0930. The maximum atomic E-state index is 13.3. The standard InChI is InChI=1S/C23H28N6O5S2/c1-14(22-24-6-9-35-22)26-21(31)16-10-15(27-28(16)5)17-12-25-20-11-18(34-8-7-30)19(13-29(17)20)36(32,33)23(2,3)4/h6,9-14,30H,7-8H2,1-5H3,(H,26,31)/t14-/m1/s1. The second-order valence-corrected chi connectivity index (χ2v) is 12.8. The lowest BCUT2D eigenvalue weighted by atomic mass is 10.2. The number of rotatable bonds is 8. The summed E-state index contributed by atoms with van der Waals surface area (Å²) in [5.41, 5.74) is 1.71. The van der Waals surface area contributed by atoms with Gasteiger partial charge in [0.25, 0.3) is 5.91 Å². The van der Waals surface area contributed by atoms with E-state index < -0.39 is 14.6 Å². The minimum atomic E-state index is -3.81. The van der Waals surface area contributed by atoms with Crippen molar-refractivity contribution in [3.63, 3.8) is 0 Å². The minimum absolute atomic E-state index is 0.0265. The van der Waals surface area contributed by atoms with Gasteiger partial charge in [0.15, 0.2) is 9.84 Å². The van der Waals surface area contributed by atoms with Crippen LogP contribution in [0.3, 0.4) is 0 Å². The number of fused-ring (bicyclic) bond motifs is 1. The fourth-order valence-electron chi connectivity index (χ4n) is 3.56. The molecule has 36 heavy (non-hydrogen) atoms. The van der Waals surface area contributed by atoms with Gasteiger partial charge in [0.1, 0.15) is 39.3 Å². The molecule has 0 aliphatic carbocycles. The van der Waals surface area contributed by atoms with Gasteiger partial charge in [0, 0.05) is 30.9 Å². The van der Waals surface area contributed by atoms with Crippen molar-refractivity contribution in [2.45, 2.75) is 43.4 Å². The highest BCUT2D eigenvalue weighted by Gasteiger charge is 2.34. The molecule has 0 aliphatic rings. The Balaban J connectivity index is 1.75. The molecule has 0 spiro atoms. The average molecular weight is 533 g/mol. The molecule has 0 aromatic carbocycles. The highest BCUT2D eigenvalue weighted by molar-refractivity contribution is 7.92. The number of aromatic nitrogens is 5. The topological polar surface area (TPSA) is 141 Å². The van der Waals surface area contributed by atoms with Crippen molar-refractivity contribution in [1.82, 2.24) is 29.5 Å². The molecule has 4 rings (SSSR count). The van der Waals surface area contributed by atoms with Gasteiger partial charge in [-0.05, 0) is 33.8 Å². The Hall–Kier alpha value is -3.29. The van der Waals surface area contributed by atoms with Crippen LogP contribution in [0.1, 0.15) is 49.2 Å². The molecule has 4 aromatic heterocycles. The third-order valence-corrected chi connectivity index (χ3v) is 9.02. The number of sulfone groups is 1. The highest BCUT2D eigenvalue weighted by Crippen LogP contribution is 2.34. The first-order valence-corrected chi connectivity index (χ1v) is 13.5. The van der Waals surface area contributed by atoms with Crippen molar-refractivity contribution in [3.8, 4) is 17.1 Å². The third kappa shape index (κ3) is 4.73. The number of thiazole rings is 1. The molecule has 13 heteroatoms. The number of nitrogens with zero attached hydrogens (tertiary/aromatic N) is 5. The number of ether oxygens (including phenoxy) is 1. The Bertz CT molecular complexity index is 1500. The highest BCUT2D eigenvalue weighted by atomic mass is 32.2. The van der Waals surface area contributed by atoms with Crippen LogP contribution in [-0.4, -0.2) is 61.5 Å². The average Bonchev–Trinajstić information content (AvgIpc) is 3.55. The second-order valence-electron chi connectivity index (χ2n) is 9.17. The first kappa shape index (κ1) is 25.8. The van der Waals surface area contributed by atoms with Crippen molar-refractivity contribution in [2.24, 2.45) is 7.05 Å². The van der Waals surface area contributed by atoms with Gasteiger partial charge in [-0.2, -0.15) is 5.10 Å². The molecule has 11 nitrogen and oxygen atoms in total. The first-order valence-electron chi connectivity index (χ1n) is 11.2. The van der Waals surface area contributed by atoms with Crippen LogP contribution >= 0.6 is 11.3 Å². The minimum Gasteiger partial charge on any atom is -0.490 e. The van der Waals surface area contributed by atoms with E-state index >= 15 is 0 Å². The van der Waals surface area contributed by atoms with Crippen molar-refractivity contribution < 1.29 is 23.1 Å². The summed E-state index contributed by atoms with van der Waals surface area (Å²) in [5, 5.41) is 19.2. The van der Waals surface area contributed by atoms with Gasteiger partial charge in [-0.1, -0.05) is 0 Å². The molecule has 0 saturated carbocycles. The monoisotopic (exact) mass is 532 g/mol. The zero-order chi connectivity index (χ0) is 26.3. The van der Waals surface area contributed by atoms with Crippen LogP contribution in [0.2, 0.25) is 0 Å². The number of imidazole rings is 1. The largest absolute Gasteiger partial charge is 0.490 e. The van der Waals surface area contributed by atoms with Crippen LogP contribution in [0.25, 0.3) is 17.0 Å². The van der Waals surface area contributed by atoms with E-state index in [-0.39, 0.29) is 35.8 Å². The molecule has 0 bridgehead atoms. The van der Waals surface area contributed by atoms with E-state index in [1.54, 1.807) is 50.7 Å². The number of pyridine rings is 1. The number of nitrogens with one attached hydrogen (secondary N) is 1. The van der Waals surface area contributed by atoms with E-state index in [4.69, 9.17) is 4.74 Å². The molecule has 1 amide bonds. The van der Waals surface area contributed by atoms with Crippen LogP contribution in [0, 0.1) is 0 Å². The quantitative estimate of drug-likeness (QED) is 0.353. The Morgan fingerprint density at radius 2 is 2.03 bits per heavy atom. The van der Waals surface area contributed by atoms with Crippen LogP contribution in [0.15, 0.2) is 41.0 Å². The maximum absolute atomic E-state index is 13.3. The van der Waals surface area contributed by atoms with Crippen molar-refractivity contribution in [2.75, 3.05) is 13.2 Å². The summed E-state index contributed by atoms with van der Waals surface area (Å²) in [6.45, 7) is 6.34. The fraction of sp³-hybridized carbons (Fsp3) is 0.391.